The molecule has 1 N–H and O–H groups in total. The molecule has 1 atom stereocenters. The molecule has 1 fully saturated rings. The molecule has 1 saturated heterocycles. The van der Waals surface area contributed by atoms with Gasteiger partial charge in [-0.25, -0.2) is 4.90 Å². The van der Waals surface area contributed by atoms with Crippen LogP contribution >= 0.6 is 23.4 Å². The third kappa shape index (κ3) is 8.74. The molecule has 232 valence electrons. The molecule has 3 amide bonds. The Balaban J connectivity index is 1.10. The first-order valence-corrected chi connectivity index (χ1v) is 15.5. The molecule has 0 spiro atoms. The van der Waals surface area contributed by atoms with Crippen LogP contribution in [0.4, 0.5) is 22.7 Å². The summed E-state index contributed by atoms with van der Waals surface area (Å²) >= 11 is 7.04. The van der Waals surface area contributed by atoms with Gasteiger partial charge in [-0.15, -0.1) is 11.8 Å². The third-order valence-electron chi connectivity index (χ3n) is 6.73. The van der Waals surface area contributed by atoms with E-state index in [9.17, 15) is 24.0 Å². The number of hydrogen-bond acceptors (Lipinski definition) is 9. The van der Waals surface area contributed by atoms with Crippen LogP contribution in [0.3, 0.4) is 0 Å². The number of halogens is 1. The van der Waals surface area contributed by atoms with E-state index in [1.165, 1.54) is 28.8 Å². The fourth-order valence-corrected chi connectivity index (χ4v) is 5.67. The molecular formula is C34H27ClN4O6S. The molecule has 1 aliphatic heterocycles. The number of rotatable bonds is 12. The first-order valence-electron chi connectivity index (χ1n) is 14.2. The Morgan fingerprint density at radius 3 is 2.26 bits per heavy atom. The summed E-state index contributed by atoms with van der Waals surface area (Å²) in [7, 11) is 0. The Kier molecular flexibility index (Phi) is 10.7. The minimum absolute atomic E-state index is 0.0260. The van der Waals surface area contributed by atoms with Gasteiger partial charge in [0.05, 0.1) is 28.7 Å². The van der Waals surface area contributed by atoms with Gasteiger partial charge in [-0.3, -0.25) is 24.0 Å². The number of nitrogens with zero attached hydrogens (tertiary/aromatic N) is 3. The van der Waals surface area contributed by atoms with Gasteiger partial charge in [-0.2, -0.15) is 10.2 Å². The lowest BCUT2D eigenvalue weighted by Gasteiger charge is -2.15. The van der Waals surface area contributed by atoms with Gasteiger partial charge in [0.1, 0.15) is 0 Å². The first kappa shape index (κ1) is 32.3. The molecule has 4 aromatic carbocycles. The quantitative estimate of drug-likeness (QED) is 0.0732. The predicted octanol–water partition coefficient (Wildman–Crippen LogP) is 7.32. The normalized spacial score (nSPS) is 14.5. The second-order valence-corrected chi connectivity index (χ2v) is 11.8. The molecule has 0 bridgehead atoms. The van der Waals surface area contributed by atoms with E-state index in [-0.39, 0.29) is 36.9 Å². The zero-order valence-corrected chi connectivity index (χ0v) is 25.9. The number of anilines is 2. The van der Waals surface area contributed by atoms with Crippen molar-refractivity contribution < 1.29 is 28.7 Å². The van der Waals surface area contributed by atoms with E-state index in [2.05, 4.69) is 15.5 Å². The molecule has 0 saturated carbocycles. The molecule has 0 aromatic heterocycles. The average Bonchev–Trinajstić information content (AvgIpc) is 3.34. The van der Waals surface area contributed by atoms with Gasteiger partial charge in [-0.1, -0.05) is 35.9 Å². The van der Waals surface area contributed by atoms with Crippen LogP contribution in [0.5, 0.6) is 0 Å². The Hall–Kier alpha value is -5.13. The molecule has 0 unspecified atom stereocenters. The van der Waals surface area contributed by atoms with Crippen molar-refractivity contribution in [1.29, 1.82) is 0 Å². The topological polar surface area (TPSA) is 135 Å². The Morgan fingerprint density at radius 2 is 1.54 bits per heavy atom. The molecule has 46 heavy (non-hydrogen) atoms. The van der Waals surface area contributed by atoms with Crippen LogP contribution in [-0.4, -0.2) is 41.3 Å². The van der Waals surface area contributed by atoms with Gasteiger partial charge in [-0.05, 0) is 78.9 Å². The lowest BCUT2D eigenvalue weighted by molar-refractivity contribution is -0.143. The SMILES string of the molecule is O=C(CCC(=O)OCC(=O)c1ccc(Cl)cc1)Nc1cccc(S[C@H]2CC(=O)N(c3ccc(N=Nc4ccccc4)cc3)C2=O)c1. The summed E-state index contributed by atoms with van der Waals surface area (Å²) in [5.74, 6) is -2.13. The molecule has 12 heteroatoms. The van der Waals surface area contributed by atoms with E-state index in [1.54, 1.807) is 60.7 Å². The number of amides is 3. The van der Waals surface area contributed by atoms with E-state index in [4.69, 9.17) is 16.3 Å². The summed E-state index contributed by atoms with van der Waals surface area (Å²) in [6, 6.07) is 29.0. The maximum absolute atomic E-state index is 13.2. The molecule has 5 rings (SSSR count). The van der Waals surface area contributed by atoms with E-state index < -0.39 is 23.7 Å². The summed E-state index contributed by atoms with van der Waals surface area (Å²) < 4.78 is 5.00. The zero-order chi connectivity index (χ0) is 32.5. The van der Waals surface area contributed by atoms with Crippen molar-refractivity contribution in [1.82, 2.24) is 0 Å². The number of azo groups is 1. The van der Waals surface area contributed by atoms with Crippen LogP contribution in [0.2, 0.25) is 5.02 Å². The number of ether oxygens (including phenoxy) is 1. The second-order valence-electron chi connectivity index (χ2n) is 10.1. The number of esters is 1. The van der Waals surface area contributed by atoms with E-state index in [0.29, 0.717) is 38.2 Å². The third-order valence-corrected chi connectivity index (χ3v) is 8.16. The lowest BCUT2D eigenvalue weighted by Crippen LogP contribution is -2.31. The Morgan fingerprint density at radius 1 is 0.848 bits per heavy atom. The minimum atomic E-state index is -0.679. The maximum Gasteiger partial charge on any atom is 0.306 e. The second kappa shape index (κ2) is 15.2. The van der Waals surface area contributed by atoms with Crippen LogP contribution in [0.25, 0.3) is 0 Å². The van der Waals surface area contributed by atoms with Crippen LogP contribution in [0.1, 0.15) is 29.6 Å². The molecule has 1 aliphatic rings. The highest BCUT2D eigenvalue weighted by Gasteiger charge is 2.40. The zero-order valence-electron chi connectivity index (χ0n) is 24.3. The van der Waals surface area contributed by atoms with Crippen molar-refractivity contribution in [2.45, 2.75) is 29.4 Å². The summed E-state index contributed by atoms with van der Waals surface area (Å²) in [6.45, 7) is -0.437. The van der Waals surface area contributed by atoms with Crippen LogP contribution in [-0.2, 0) is 23.9 Å². The number of carbonyl (C=O) groups is 5. The number of thioether (sulfide) groups is 1. The average molecular weight is 655 g/mol. The molecular weight excluding hydrogens is 628 g/mol. The van der Waals surface area contributed by atoms with Crippen molar-refractivity contribution in [2.24, 2.45) is 10.2 Å². The van der Waals surface area contributed by atoms with Crippen molar-refractivity contribution in [3.63, 3.8) is 0 Å². The summed E-state index contributed by atoms with van der Waals surface area (Å²) in [5, 5.41) is 10.9. The van der Waals surface area contributed by atoms with Crippen LogP contribution in [0.15, 0.2) is 118 Å². The summed E-state index contributed by atoms with van der Waals surface area (Å²) in [4.78, 5) is 64.6. The van der Waals surface area contributed by atoms with E-state index >= 15 is 0 Å². The fourth-order valence-electron chi connectivity index (χ4n) is 4.43. The van der Waals surface area contributed by atoms with E-state index in [0.717, 1.165) is 0 Å². The number of benzene rings is 4. The smallest absolute Gasteiger partial charge is 0.306 e. The number of hydrogen-bond donors (Lipinski definition) is 1. The summed E-state index contributed by atoms with van der Waals surface area (Å²) in [6.07, 6.45) is -0.333. The number of nitrogens with one attached hydrogen (secondary N) is 1. The molecule has 10 nitrogen and oxygen atoms in total. The van der Waals surface area contributed by atoms with Crippen molar-refractivity contribution in [3.05, 3.63) is 114 Å². The van der Waals surface area contributed by atoms with Crippen molar-refractivity contribution in [3.8, 4) is 0 Å². The fraction of sp³-hybridized carbons (Fsp3) is 0.147. The highest BCUT2D eigenvalue weighted by Crippen LogP contribution is 2.35. The Bertz CT molecular complexity index is 1780. The first-order chi connectivity index (χ1) is 22.2. The highest BCUT2D eigenvalue weighted by atomic mass is 35.5. The van der Waals surface area contributed by atoms with Crippen molar-refractivity contribution >= 4 is 75.6 Å². The molecule has 0 radical (unpaired) electrons. The maximum atomic E-state index is 13.2. The highest BCUT2D eigenvalue weighted by molar-refractivity contribution is 8.00. The van der Waals surface area contributed by atoms with Gasteiger partial charge in [0.2, 0.25) is 17.7 Å². The van der Waals surface area contributed by atoms with Crippen LogP contribution in [0, 0.1) is 0 Å². The monoisotopic (exact) mass is 654 g/mol. The summed E-state index contributed by atoms with van der Waals surface area (Å²) in [5.41, 5.74) is 2.57. The largest absolute Gasteiger partial charge is 0.457 e. The predicted molar refractivity (Wildman–Crippen MR) is 175 cm³/mol. The van der Waals surface area contributed by atoms with Gasteiger partial charge in [0.15, 0.2) is 12.4 Å². The lowest BCUT2D eigenvalue weighted by atomic mass is 10.1. The van der Waals surface area contributed by atoms with Gasteiger partial charge >= 0.3 is 5.97 Å². The van der Waals surface area contributed by atoms with Gasteiger partial charge < -0.3 is 10.1 Å². The van der Waals surface area contributed by atoms with Crippen LogP contribution < -0.4 is 10.2 Å². The number of ketones is 1. The standard InChI is InChI=1S/C34H27ClN4O6S/c35-23-11-9-22(10-12-23)29(40)21-45-33(43)18-17-31(41)36-26-7-4-8-28(19-26)46-30-20-32(42)39(34(30)44)27-15-13-25(14-16-27)38-37-24-5-2-1-3-6-24/h1-16,19,30H,17-18,20-21H2,(H,36,41)/t30-/m0/s1. The van der Waals surface area contributed by atoms with Crippen molar-refractivity contribution in [2.75, 3.05) is 16.8 Å². The minimum Gasteiger partial charge on any atom is -0.457 e. The Labute approximate surface area is 273 Å². The number of carbonyl (C=O) groups excluding carboxylic acids is 5. The number of Topliss-reactive ketones (excluding diaryl/α,β-unsaturated/α-hetero) is 1. The van der Waals surface area contributed by atoms with E-state index in [1.807, 2.05) is 30.3 Å². The van der Waals surface area contributed by atoms with Gasteiger partial charge in [0, 0.05) is 34.0 Å². The molecule has 0 aliphatic carbocycles. The molecule has 1 heterocycles. The van der Waals surface area contributed by atoms with Gasteiger partial charge in [0.25, 0.3) is 0 Å². The number of imide groups is 1. The molecule has 4 aromatic rings.